The molecule has 4 rings (SSSR count). The number of fused-ring (bicyclic) bond motifs is 1. The molecule has 7 nitrogen and oxygen atoms in total. The summed E-state index contributed by atoms with van der Waals surface area (Å²) in [7, 11) is 1.54. The van der Waals surface area contributed by atoms with Crippen LogP contribution in [0.5, 0.6) is 11.5 Å². The normalized spacial score (nSPS) is 10.6. The summed E-state index contributed by atoms with van der Waals surface area (Å²) in [5.41, 5.74) is 1.59. The van der Waals surface area contributed by atoms with Crippen LogP contribution >= 0.6 is 0 Å². The number of nitrogens with zero attached hydrogens (tertiary/aromatic N) is 3. The van der Waals surface area contributed by atoms with Crippen LogP contribution in [0.15, 0.2) is 67.1 Å². The van der Waals surface area contributed by atoms with Crippen molar-refractivity contribution in [2.75, 3.05) is 12.4 Å². The Labute approximate surface area is 165 Å². The molecule has 29 heavy (non-hydrogen) atoms. The largest absolute Gasteiger partial charge is 0.457 e. The maximum absolute atomic E-state index is 13.6. The summed E-state index contributed by atoms with van der Waals surface area (Å²) in [5.74, 6) is 0.849. The first-order valence-corrected chi connectivity index (χ1v) is 8.76. The number of pyridine rings is 1. The average Bonchev–Trinajstić information content (AvgIpc) is 2.74. The Bertz CT molecular complexity index is 1200. The van der Waals surface area contributed by atoms with Crippen molar-refractivity contribution in [2.45, 2.75) is 0 Å². The van der Waals surface area contributed by atoms with E-state index in [1.807, 2.05) is 12.1 Å². The van der Waals surface area contributed by atoms with Crippen molar-refractivity contribution in [3.05, 3.63) is 78.6 Å². The first-order chi connectivity index (χ1) is 14.1. The average molecular weight is 389 g/mol. The number of benzene rings is 2. The number of hydrogen-bond acceptors (Lipinski definition) is 6. The molecule has 2 N–H and O–H groups in total. The highest BCUT2D eigenvalue weighted by atomic mass is 19.1. The second-order valence-corrected chi connectivity index (χ2v) is 6.09. The van der Waals surface area contributed by atoms with Crippen molar-refractivity contribution in [3.8, 4) is 11.5 Å². The van der Waals surface area contributed by atoms with Gasteiger partial charge in [0.1, 0.15) is 35.2 Å². The molecule has 2 aromatic heterocycles. The number of ether oxygens (including phenoxy) is 1. The van der Waals surface area contributed by atoms with Crippen LogP contribution in [0.25, 0.3) is 10.9 Å². The lowest BCUT2D eigenvalue weighted by Crippen LogP contribution is -2.18. The molecule has 0 fully saturated rings. The summed E-state index contributed by atoms with van der Waals surface area (Å²) in [6.45, 7) is 0. The molecular weight excluding hydrogens is 373 g/mol. The van der Waals surface area contributed by atoms with Gasteiger partial charge in [0.25, 0.3) is 5.91 Å². The zero-order valence-electron chi connectivity index (χ0n) is 15.4. The number of carbonyl (C=O) groups excluding carboxylic acids is 1. The molecule has 0 saturated heterocycles. The van der Waals surface area contributed by atoms with E-state index in [-0.39, 0.29) is 17.4 Å². The van der Waals surface area contributed by atoms with Gasteiger partial charge in [0, 0.05) is 36.5 Å². The number of nitrogens with one attached hydrogen (secondary N) is 2. The number of hydrogen-bond donors (Lipinski definition) is 2. The van der Waals surface area contributed by atoms with Gasteiger partial charge in [-0.3, -0.25) is 9.78 Å². The molecule has 0 bridgehead atoms. The van der Waals surface area contributed by atoms with Crippen molar-refractivity contribution in [2.24, 2.45) is 0 Å². The highest BCUT2D eigenvalue weighted by Gasteiger charge is 2.09. The fourth-order valence-corrected chi connectivity index (χ4v) is 2.77. The Kier molecular flexibility index (Phi) is 4.98. The summed E-state index contributed by atoms with van der Waals surface area (Å²) >= 11 is 0. The number of anilines is 2. The summed E-state index contributed by atoms with van der Waals surface area (Å²) < 4.78 is 19.5. The predicted molar refractivity (Wildman–Crippen MR) is 107 cm³/mol. The van der Waals surface area contributed by atoms with Gasteiger partial charge in [0.2, 0.25) is 0 Å². The van der Waals surface area contributed by atoms with E-state index in [1.54, 1.807) is 30.3 Å². The molecule has 0 aliphatic carbocycles. The number of carbonyl (C=O) groups is 1. The highest BCUT2D eigenvalue weighted by molar-refractivity contribution is 5.92. The van der Waals surface area contributed by atoms with Crippen molar-refractivity contribution >= 4 is 28.3 Å². The van der Waals surface area contributed by atoms with Crippen LogP contribution in [0.3, 0.4) is 0 Å². The molecule has 1 amide bonds. The maximum Gasteiger partial charge on any atom is 0.269 e. The van der Waals surface area contributed by atoms with Crippen molar-refractivity contribution < 1.29 is 13.9 Å². The van der Waals surface area contributed by atoms with Crippen LogP contribution in [0.4, 0.5) is 15.9 Å². The summed E-state index contributed by atoms with van der Waals surface area (Å²) in [6.07, 6.45) is 2.92. The summed E-state index contributed by atoms with van der Waals surface area (Å²) in [5, 5.41) is 6.26. The van der Waals surface area contributed by atoms with E-state index in [0.29, 0.717) is 33.9 Å². The monoisotopic (exact) mass is 389 g/mol. The lowest BCUT2D eigenvalue weighted by Gasteiger charge is -2.11. The molecule has 0 saturated carbocycles. The molecule has 0 aliphatic heterocycles. The smallest absolute Gasteiger partial charge is 0.269 e. The van der Waals surface area contributed by atoms with Crippen molar-refractivity contribution in [3.63, 3.8) is 0 Å². The van der Waals surface area contributed by atoms with Crippen LogP contribution in [0.1, 0.15) is 10.5 Å². The van der Waals surface area contributed by atoms with Crippen LogP contribution < -0.4 is 15.4 Å². The van der Waals surface area contributed by atoms with Gasteiger partial charge in [-0.15, -0.1) is 0 Å². The molecule has 0 unspecified atom stereocenters. The van der Waals surface area contributed by atoms with E-state index in [0.717, 1.165) is 0 Å². The van der Waals surface area contributed by atoms with Gasteiger partial charge >= 0.3 is 0 Å². The van der Waals surface area contributed by atoms with Crippen LogP contribution in [0.2, 0.25) is 0 Å². The lowest BCUT2D eigenvalue weighted by atomic mass is 10.2. The molecule has 4 aromatic rings. The number of halogens is 1. The third-order valence-corrected chi connectivity index (χ3v) is 4.12. The number of rotatable bonds is 5. The molecule has 0 atom stereocenters. The summed E-state index contributed by atoms with van der Waals surface area (Å²) in [4.78, 5) is 24.1. The minimum absolute atomic E-state index is 0.258. The zero-order valence-corrected chi connectivity index (χ0v) is 15.4. The lowest BCUT2D eigenvalue weighted by molar-refractivity contribution is 0.0958. The zero-order chi connectivity index (χ0) is 20.2. The molecule has 2 heterocycles. The number of aromatic nitrogens is 3. The van der Waals surface area contributed by atoms with Gasteiger partial charge in [0.05, 0.1) is 5.52 Å². The molecule has 2 aromatic carbocycles. The number of amides is 1. The third-order valence-electron chi connectivity index (χ3n) is 4.12. The standard InChI is InChI=1S/C21H16FN5O2/c1-23-21(28)19-11-16(7-8-24-19)29-15-4-2-3-14(10-15)27-20-17-9-13(22)5-6-18(17)25-12-26-20/h2-12H,1H3,(H,23,28)(H,25,26,27). The fraction of sp³-hybridized carbons (Fsp3) is 0.0476. The molecule has 0 radical (unpaired) electrons. The van der Waals surface area contributed by atoms with Crippen LogP contribution in [-0.4, -0.2) is 27.9 Å². The van der Waals surface area contributed by atoms with Gasteiger partial charge < -0.3 is 15.4 Å². The van der Waals surface area contributed by atoms with Gasteiger partial charge in [-0.25, -0.2) is 14.4 Å². The van der Waals surface area contributed by atoms with E-state index in [4.69, 9.17) is 4.74 Å². The minimum Gasteiger partial charge on any atom is -0.457 e. The van der Waals surface area contributed by atoms with Gasteiger partial charge in [-0.2, -0.15) is 0 Å². The molecule has 0 aliphatic rings. The Morgan fingerprint density at radius 1 is 1.00 bits per heavy atom. The van der Waals surface area contributed by atoms with Gasteiger partial charge in [-0.05, 0) is 36.4 Å². The molecule has 144 valence electrons. The van der Waals surface area contributed by atoms with Crippen LogP contribution in [0, 0.1) is 5.82 Å². The Morgan fingerprint density at radius 3 is 2.72 bits per heavy atom. The van der Waals surface area contributed by atoms with E-state index >= 15 is 0 Å². The van der Waals surface area contributed by atoms with Gasteiger partial charge in [0.15, 0.2) is 0 Å². The first kappa shape index (κ1) is 18.3. The maximum atomic E-state index is 13.6. The van der Waals surface area contributed by atoms with E-state index in [9.17, 15) is 9.18 Å². The van der Waals surface area contributed by atoms with E-state index < -0.39 is 0 Å². The third kappa shape index (κ3) is 4.11. The first-order valence-electron chi connectivity index (χ1n) is 8.76. The van der Waals surface area contributed by atoms with E-state index in [2.05, 4.69) is 25.6 Å². The van der Waals surface area contributed by atoms with E-state index in [1.165, 1.54) is 31.7 Å². The molecule has 0 spiro atoms. The minimum atomic E-state index is -0.364. The second kappa shape index (κ2) is 7.89. The fourth-order valence-electron chi connectivity index (χ4n) is 2.77. The Balaban J connectivity index is 1.59. The second-order valence-electron chi connectivity index (χ2n) is 6.09. The SMILES string of the molecule is CNC(=O)c1cc(Oc2cccc(Nc3ncnc4ccc(F)cc34)c2)ccn1. The molecular formula is C21H16FN5O2. The predicted octanol–water partition coefficient (Wildman–Crippen LogP) is 4.06. The van der Waals surface area contributed by atoms with Gasteiger partial charge in [-0.1, -0.05) is 6.07 Å². The van der Waals surface area contributed by atoms with Crippen molar-refractivity contribution in [1.82, 2.24) is 20.3 Å². The summed E-state index contributed by atoms with van der Waals surface area (Å²) in [6, 6.07) is 14.8. The quantitative estimate of drug-likeness (QED) is 0.535. The highest BCUT2D eigenvalue weighted by Crippen LogP contribution is 2.28. The van der Waals surface area contributed by atoms with Crippen molar-refractivity contribution in [1.29, 1.82) is 0 Å². The molecule has 8 heteroatoms. The Hall–Kier alpha value is -4.07. The topological polar surface area (TPSA) is 89.0 Å². The Morgan fingerprint density at radius 2 is 1.86 bits per heavy atom. The van der Waals surface area contributed by atoms with Crippen LogP contribution in [-0.2, 0) is 0 Å².